The third-order valence-electron chi connectivity index (χ3n) is 3.69. The molecule has 1 heterocycles. The number of aryl methyl sites for hydroxylation is 1. The van der Waals surface area contributed by atoms with Crippen molar-refractivity contribution in [2.75, 3.05) is 13.6 Å². The fraction of sp³-hybridized carbons (Fsp3) is 0.444. The van der Waals surface area contributed by atoms with Gasteiger partial charge in [-0.3, -0.25) is 9.48 Å². The van der Waals surface area contributed by atoms with Crippen LogP contribution in [0.3, 0.4) is 0 Å². The minimum atomic E-state index is -0.814. The van der Waals surface area contributed by atoms with Crippen molar-refractivity contribution in [3.05, 3.63) is 47.8 Å². The molecule has 8 heteroatoms. The van der Waals surface area contributed by atoms with Gasteiger partial charge < -0.3 is 20.5 Å². The van der Waals surface area contributed by atoms with Crippen LogP contribution in [0.1, 0.15) is 37.1 Å². The number of aromatic nitrogens is 2. The Labute approximate surface area is 160 Å². The number of carbonyl (C=O) groups is 1. The van der Waals surface area contributed by atoms with E-state index in [4.69, 9.17) is 4.74 Å². The Kier molecular flexibility index (Phi) is 8.57. The molecule has 7 nitrogen and oxygen atoms in total. The number of halogens is 1. The Morgan fingerprint density at radius 1 is 1.35 bits per heavy atom. The minimum absolute atomic E-state index is 0. The summed E-state index contributed by atoms with van der Waals surface area (Å²) >= 11 is 0. The van der Waals surface area contributed by atoms with Crippen LogP contribution < -0.4 is 15.4 Å². The van der Waals surface area contributed by atoms with E-state index in [1.54, 1.807) is 43.3 Å². The molecule has 0 fully saturated rings. The number of benzene rings is 1. The number of amides is 1. The van der Waals surface area contributed by atoms with Crippen LogP contribution in [0.5, 0.6) is 5.75 Å². The number of aliphatic hydroxyl groups is 1. The number of hydrogen-bond acceptors (Lipinski definition) is 5. The fourth-order valence-electron chi connectivity index (χ4n) is 2.52. The number of rotatable bonds is 8. The predicted molar refractivity (Wildman–Crippen MR) is 102 cm³/mol. The van der Waals surface area contributed by atoms with E-state index < -0.39 is 12.1 Å². The van der Waals surface area contributed by atoms with Crippen LogP contribution in [0, 0.1) is 0 Å². The van der Waals surface area contributed by atoms with Gasteiger partial charge >= 0.3 is 0 Å². The number of carbonyl (C=O) groups excluding carboxylic acids is 1. The molecule has 0 saturated carbocycles. The number of hydrogen-bond donors (Lipinski definition) is 3. The Hall–Kier alpha value is -2.09. The second-order valence-corrected chi connectivity index (χ2v) is 6.17. The largest absolute Gasteiger partial charge is 0.491 e. The first-order valence-corrected chi connectivity index (χ1v) is 8.29. The second kappa shape index (κ2) is 10.2. The molecule has 0 spiro atoms. The molecule has 1 aromatic heterocycles. The van der Waals surface area contributed by atoms with Crippen molar-refractivity contribution in [3.8, 4) is 5.75 Å². The summed E-state index contributed by atoms with van der Waals surface area (Å²) in [6.07, 6.45) is 2.67. The highest BCUT2D eigenvalue weighted by Crippen LogP contribution is 2.20. The summed E-state index contributed by atoms with van der Waals surface area (Å²) in [5, 5.41) is 20.2. The van der Waals surface area contributed by atoms with E-state index in [9.17, 15) is 9.90 Å². The molecular weight excluding hydrogens is 356 g/mol. The third kappa shape index (κ3) is 6.01. The molecule has 26 heavy (non-hydrogen) atoms. The minimum Gasteiger partial charge on any atom is -0.491 e. The first-order chi connectivity index (χ1) is 11.9. The fourth-order valence-corrected chi connectivity index (χ4v) is 2.52. The van der Waals surface area contributed by atoms with E-state index in [0.717, 1.165) is 5.56 Å². The number of ether oxygens (including phenoxy) is 1. The van der Waals surface area contributed by atoms with E-state index >= 15 is 0 Å². The Morgan fingerprint density at radius 3 is 2.65 bits per heavy atom. The van der Waals surface area contributed by atoms with Gasteiger partial charge in [0.05, 0.1) is 18.4 Å². The van der Waals surface area contributed by atoms with Gasteiger partial charge in [0, 0.05) is 25.4 Å². The summed E-state index contributed by atoms with van der Waals surface area (Å²) in [5.41, 5.74) is 1.46. The maximum Gasteiger partial charge on any atom is 0.241 e. The van der Waals surface area contributed by atoms with Crippen LogP contribution in [0.15, 0.2) is 36.7 Å². The number of likely N-dealkylation sites (N-methyl/N-ethyl adjacent to an activating group) is 1. The molecule has 1 amide bonds. The quantitative estimate of drug-likeness (QED) is 0.647. The van der Waals surface area contributed by atoms with Gasteiger partial charge in [-0.1, -0.05) is 12.1 Å². The van der Waals surface area contributed by atoms with E-state index in [1.807, 2.05) is 26.0 Å². The summed E-state index contributed by atoms with van der Waals surface area (Å²) in [6.45, 7) is 4.00. The lowest BCUT2D eigenvalue weighted by Crippen LogP contribution is -2.37. The molecule has 1 aromatic carbocycles. The average molecular weight is 383 g/mol. The lowest BCUT2D eigenvalue weighted by molar-refractivity contribution is -0.123. The molecule has 0 radical (unpaired) electrons. The number of nitrogens with one attached hydrogen (secondary N) is 2. The van der Waals surface area contributed by atoms with Gasteiger partial charge in [-0.15, -0.1) is 12.4 Å². The lowest BCUT2D eigenvalue weighted by Gasteiger charge is -2.18. The predicted octanol–water partition coefficient (Wildman–Crippen LogP) is 1.74. The molecule has 2 atom stereocenters. The van der Waals surface area contributed by atoms with E-state index in [1.165, 1.54) is 0 Å². The highest BCUT2D eigenvalue weighted by Gasteiger charge is 2.21. The van der Waals surface area contributed by atoms with Crippen LogP contribution in [0.25, 0.3) is 0 Å². The summed E-state index contributed by atoms with van der Waals surface area (Å²) < 4.78 is 7.27. The van der Waals surface area contributed by atoms with Crippen LogP contribution in [-0.2, 0) is 11.8 Å². The van der Waals surface area contributed by atoms with E-state index in [2.05, 4.69) is 15.7 Å². The molecule has 3 N–H and O–H groups in total. The zero-order valence-electron chi connectivity index (χ0n) is 15.5. The van der Waals surface area contributed by atoms with Gasteiger partial charge in [-0.25, -0.2) is 0 Å². The van der Waals surface area contributed by atoms with Crippen molar-refractivity contribution >= 4 is 18.3 Å². The van der Waals surface area contributed by atoms with Crippen LogP contribution in [0.2, 0.25) is 0 Å². The maximum absolute atomic E-state index is 12.4. The molecule has 0 saturated heterocycles. The van der Waals surface area contributed by atoms with E-state index in [-0.39, 0.29) is 31.0 Å². The number of aliphatic hydroxyl groups excluding tert-OH is 1. The van der Waals surface area contributed by atoms with Gasteiger partial charge in [0.1, 0.15) is 11.8 Å². The van der Waals surface area contributed by atoms with Crippen molar-refractivity contribution in [2.24, 2.45) is 7.05 Å². The third-order valence-corrected chi connectivity index (χ3v) is 3.69. The highest BCUT2D eigenvalue weighted by molar-refractivity contribution is 5.85. The molecule has 0 aliphatic carbocycles. The van der Waals surface area contributed by atoms with Crippen molar-refractivity contribution in [3.63, 3.8) is 0 Å². The normalized spacial score (nSPS) is 13.0. The Balaban J connectivity index is 0.00000338. The maximum atomic E-state index is 12.4. The van der Waals surface area contributed by atoms with Gasteiger partial charge in [-0.2, -0.15) is 5.10 Å². The average Bonchev–Trinajstić information content (AvgIpc) is 2.99. The Bertz CT molecular complexity index is 705. The van der Waals surface area contributed by atoms with Gasteiger partial charge in [0.15, 0.2) is 0 Å². The van der Waals surface area contributed by atoms with Crippen LogP contribution in [0.4, 0.5) is 0 Å². The summed E-state index contributed by atoms with van der Waals surface area (Å²) in [6, 6.07) is 6.74. The molecular formula is C18H27ClN4O3. The summed E-state index contributed by atoms with van der Waals surface area (Å²) in [5.74, 6) is 0.477. The molecule has 0 aliphatic heterocycles. The molecule has 144 valence electrons. The van der Waals surface area contributed by atoms with Crippen LogP contribution in [-0.4, -0.2) is 40.5 Å². The lowest BCUT2D eigenvalue weighted by atomic mass is 10.1. The van der Waals surface area contributed by atoms with Crippen molar-refractivity contribution in [2.45, 2.75) is 32.1 Å². The zero-order valence-corrected chi connectivity index (χ0v) is 16.3. The zero-order chi connectivity index (χ0) is 18.4. The molecule has 2 aromatic rings. The van der Waals surface area contributed by atoms with Crippen molar-refractivity contribution < 1.29 is 14.6 Å². The monoisotopic (exact) mass is 382 g/mol. The molecule has 2 rings (SSSR count). The smallest absolute Gasteiger partial charge is 0.241 e. The van der Waals surface area contributed by atoms with Crippen molar-refractivity contribution in [1.29, 1.82) is 0 Å². The van der Waals surface area contributed by atoms with Gasteiger partial charge in [0.2, 0.25) is 5.91 Å². The number of nitrogens with zero attached hydrogens (tertiary/aromatic N) is 2. The first kappa shape index (κ1) is 22.0. The van der Waals surface area contributed by atoms with Gasteiger partial charge in [-0.05, 0) is 38.6 Å². The standard InChI is InChI=1S/C18H26N4O3.ClH/c1-12(2)25-15-7-5-6-13(8-15)16(23)10-20-18(24)17(19-3)14-9-21-22(4)11-14;/h5-9,11-12,16-17,19,23H,10H2,1-4H3,(H,20,24);1H. The summed E-state index contributed by atoms with van der Waals surface area (Å²) in [4.78, 5) is 12.4. The summed E-state index contributed by atoms with van der Waals surface area (Å²) in [7, 11) is 3.50. The topological polar surface area (TPSA) is 88.4 Å². The first-order valence-electron chi connectivity index (χ1n) is 8.29. The highest BCUT2D eigenvalue weighted by atomic mass is 35.5. The molecule has 0 aliphatic rings. The van der Waals surface area contributed by atoms with Crippen molar-refractivity contribution in [1.82, 2.24) is 20.4 Å². The Morgan fingerprint density at radius 2 is 2.08 bits per heavy atom. The molecule has 0 bridgehead atoms. The van der Waals surface area contributed by atoms with Crippen LogP contribution >= 0.6 is 12.4 Å². The molecule has 2 unspecified atom stereocenters. The SMILES string of the molecule is CNC(C(=O)NCC(O)c1cccc(OC(C)C)c1)c1cnn(C)c1.Cl. The van der Waals surface area contributed by atoms with E-state index in [0.29, 0.717) is 11.3 Å². The second-order valence-electron chi connectivity index (χ2n) is 6.17. The van der Waals surface area contributed by atoms with Gasteiger partial charge in [0.25, 0.3) is 0 Å².